The molecular weight excluding hydrogens is 457 g/mol. The third-order valence-corrected chi connectivity index (χ3v) is 7.04. The van der Waals surface area contributed by atoms with Gasteiger partial charge in [-0.25, -0.2) is 9.37 Å². The highest BCUT2D eigenvalue weighted by Crippen LogP contribution is 2.39. The van der Waals surface area contributed by atoms with Gasteiger partial charge >= 0.3 is 0 Å². The molecule has 0 amide bonds. The Labute approximate surface area is 200 Å². The molecule has 2 aliphatic rings. The summed E-state index contributed by atoms with van der Waals surface area (Å²) in [6.45, 7) is 1.22. The number of nitrogens with zero attached hydrogens (tertiary/aromatic N) is 5. The number of halogens is 2. The van der Waals surface area contributed by atoms with Crippen LogP contribution in [0.1, 0.15) is 48.4 Å². The molecule has 0 N–H and O–H groups in total. The minimum atomic E-state index is -0.485. The van der Waals surface area contributed by atoms with Crippen molar-refractivity contribution in [2.24, 2.45) is 7.05 Å². The average Bonchev–Trinajstić information content (AvgIpc) is 3.48. The molecule has 2 atom stereocenters. The number of ether oxygens (including phenoxy) is 1. The van der Waals surface area contributed by atoms with Gasteiger partial charge in [-0.05, 0) is 43.5 Å². The minimum absolute atomic E-state index is 0.0510. The summed E-state index contributed by atoms with van der Waals surface area (Å²) in [6, 6.07) is 6.36. The largest absolute Gasteiger partial charge is 0.373 e. The first-order chi connectivity index (χ1) is 16.5. The van der Waals surface area contributed by atoms with Crippen LogP contribution < -0.4 is 5.56 Å². The SMILES string of the molecule is Cn1cc([C@H]2CC(c3cc4c(=O)n5c(nc4c(-c4ccc(Cl)cc4F)n3)CCC5)CCO2)cn1. The maximum absolute atomic E-state index is 15.0. The lowest BCUT2D eigenvalue weighted by atomic mass is 9.89. The van der Waals surface area contributed by atoms with Crippen molar-refractivity contribution in [1.29, 1.82) is 0 Å². The molecule has 174 valence electrons. The van der Waals surface area contributed by atoms with E-state index in [1.54, 1.807) is 21.4 Å². The smallest absolute Gasteiger partial charge is 0.261 e. The summed E-state index contributed by atoms with van der Waals surface area (Å²) >= 11 is 6.00. The van der Waals surface area contributed by atoms with Gasteiger partial charge in [0.2, 0.25) is 0 Å². The number of fused-ring (bicyclic) bond motifs is 2. The van der Waals surface area contributed by atoms with E-state index in [9.17, 15) is 4.79 Å². The minimum Gasteiger partial charge on any atom is -0.373 e. The van der Waals surface area contributed by atoms with E-state index in [1.165, 1.54) is 6.07 Å². The Morgan fingerprint density at radius 2 is 2.12 bits per heavy atom. The van der Waals surface area contributed by atoms with Gasteiger partial charge in [-0.2, -0.15) is 5.10 Å². The number of aryl methyl sites for hydroxylation is 2. The molecule has 34 heavy (non-hydrogen) atoms. The lowest BCUT2D eigenvalue weighted by molar-refractivity contribution is 0.00464. The Bertz CT molecular complexity index is 1480. The number of rotatable bonds is 3. The van der Waals surface area contributed by atoms with E-state index in [-0.39, 0.29) is 17.6 Å². The summed E-state index contributed by atoms with van der Waals surface area (Å²) in [6.07, 6.45) is 6.71. The first-order valence-corrected chi connectivity index (χ1v) is 11.9. The predicted molar refractivity (Wildman–Crippen MR) is 126 cm³/mol. The van der Waals surface area contributed by atoms with Crippen molar-refractivity contribution in [2.75, 3.05) is 6.61 Å². The van der Waals surface area contributed by atoms with Crippen LogP contribution >= 0.6 is 11.6 Å². The van der Waals surface area contributed by atoms with E-state index in [4.69, 9.17) is 26.3 Å². The molecule has 0 aliphatic carbocycles. The molecule has 0 bridgehead atoms. The Hall–Kier alpha value is -3.10. The van der Waals surface area contributed by atoms with Crippen LogP contribution in [0.25, 0.3) is 22.2 Å². The van der Waals surface area contributed by atoms with E-state index >= 15 is 4.39 Å². The van der Waals surface area contributed by atoms with Crippen molar-refractivity contribution >= 4 is 22.5 Å². The van der Waals surface area contributed by atoms with E-state index in [2.05, 4.69) is 5.10 Å². The Morgan fingerprint density at radius 1 is 1.24 bits per heavy atom. The van der Waals surface area contributed by atoms with Crippen LogP contribution in [0.4, 0.5) is 4.39 Å². The average molecular weight is 480 g/mol. The second-order valence-corrected chi connectivity index (χ2v) is 9.47. The van der Waals surface area contributed by atoms with Gasteiger partial charge < -0.3 is 4.74 Å². The number of aromatic nitrogens is 5. The fourth-order valence-corrected chi connectivity index (χ4v) is 5.24. The van der Waals surface area contributed by atoms with Gasteiger partial charge in [0.05, 0.1) is 23.4 Å². The molecule has 3 aromatic heterocycles. The number of hydrogen-bond donors (Lipinski definition) is 0. The van der Waals surface area contributed by atoms with Crippen LogP contribution in [0.3, 0.4) is 0 Å². The third-order valence-electron chi connectivity index (χ3n) is 6.81. The van der Waals surface area contributed by atoms with E-state index in [1.807, 2.05) is 25.5 Å². The highest BCUT2D eigenvalue weighted by Gasteiger charge is 2.29. The Kier molecular flexibility index (Phi) is 5.22. The van der Waals surface area contributed by atoms with E-state index in [0.29, 0.717) is 46.8 Å². The zero-order valence-corrected chi connectivity index (χ0v) is 19.4. The summed E-state index contributed by atoms with van der Waals surface area (Å²) < 4.78 is 24.5. The van der Waals surface area contributed by atoms with Crippen LogP contribution in [0.15, 0.2) is 41.5 Å². The molecule has 0 spiro atoms. The molecule has 1 saturated heterocycles. The highest BCUT2D eigenvalue weighted by atomic mass is 35.5. The standard InChI is InChI=1S/C25H23ClFN5O2/c1-31-13-15(12-28-31)21-9-14(6-8-34-21)20-11-18-24(30-22-3-2-7-32(22)25(18)33)23(29-20)17-5-4-16(26)10-19(17)27/h4-5,10-14,21H,2-3,6-9H2,1H3/t14?,21-/m1/s1. The van der Waals surface area contributed by atoms with Crippen molar-refractivity contribution in [3.8, 4) is 11.3 Å². The molecule has 5 heterocycles. The lowest BCUT2D eigenvalue weighted by Gasteiger charge is -2.29. The maximum Gasteiger partial charge on any atom is 0.261 e. The summed E-state index contributed by atoms with van der Waals surface area (Å²) in [5.74, 6) is 0.293. The first-order valence-electron chi connectivity index (χ1n) is 11.5. The molecule has 1 aromatic carbocycles. The Morgan fingerprint density at radius 3 is 2.91 bits per heavy atom. The molecule has 9 heteroatoms. The van der Waals surface area contributed by atoms with Crippen LogP contribution in [0.2, 0.25) is 5.02 Å². The molecule has 6 rings (SSSR count). The molecule has 1 unspecified atom stereocenters. The molecule has 0 saturated carbocycles. The van der Waals surface area contributed by atoms with Crippen molar-refractivity contribution in [3.63, 3.8) is 0 Å². The van der Waals surface area contributed by atoms with Crippen LogP contribution in [0.5, 0.6) is 0 Å². The highest BCUT2D eigenvalue weighted by molar-refractivity contribution is 6.30. The third kappa shape index (κ3) is 3.61. The molecule has 2 aliphatic heterocycles. The van der Waals surface area contributed by atoms with Gasteiger partial charge in [0, 0.05) is 60.6 Å². The quantitative estimate of drug-likeness (QED) is 0.430. The summed E-state index contributed by atoms with van der Waals surface area (Å²) in [7, 11) is 1.88. The number of hydrogen-bond acceptors (Lipinski definition) is 5. The van der Waals surface area contributed by atoms with Gasteiger partial charge in [0.1, 0.15) is 17.2 Å². The van der Waals surface area contributed by atoms with Gasteiger partial charge in [0.15, 0.2) is 0 Å². The molecule has 0 radical (unpaired) electrons. The van der Waals surface area contributed by atoms with Crippen molar-refractivity contribution < 1.29 is 9.13 Å². The van der Waals surface area contributed by atoms with Gasteiger partial charge in [-0.3, -0.25) is 19.0 Å². The van der Waals surface area contributed by atoms with Gasteiger partial charge in [0.25, 0.3) is 5.56 Å². The fraction of sp³-hybridized carbons (Fsp3) is 0.360. The molecule has 4 aromatic rings. The zero-order chi connectivity index (χ0) is 23.4. The second kappa shape index (κ2) is 8.29. The number of benzene rings is 1. The van der Waals surface area contributed by atoms with Crippen molar-refractivity contribution in [2.45, 2.75) is 44.2 Å². The normalized spacial score (nSPS) is 20.1. The van der Waals surface area contributed by atoms with E-state index in [0.717, 1.165) is 36.3 Å². The fourth-order valence-electron chi connectivity index (χ4n) is 5.09. The van der Waals surface area contributed by atoms with Gasteiger partial charge in [-0.15, -0.1) is 0 Å². The summed E-state index contributed by atoms with van der Waals surface area (Å²) in [4.78, 5) is 23.1. The molecular formula is C25H23ClFN5O2. The van der Waals surface area contributed by atoms with E-state index < -0.39 is 5.82 Å². The second-order valence-electron chi connectivity index (χ2n) is 9.03. The summed E-state index contributed by atoms with van der Waals surface area (Å²) in [5.41, 5.74) is 2.80. The monoisotopic (exact) mass is 479 g/mol. The molecule has 7 nitrogen and oxygen atoms in total. The van der Waals surface area contributed by atoms with Crippen LogP contribution in [-0.4, -0.2) is 30.9 Å². The predicted octanol–water partition coefficient (Wildman–Crippen LogP) is 4.57. The first kappa shape index (κ1) is 21.4. The van der Waals surface area contributed by atoms with Crippen molar-refractivity contribution in [1.82, 2.24) is 24.3 Å². The molecule has 1 fully saturated rings. The van der Waals surface area contributed by atoms with Crippen LogP contribution in [-0.2, 0) is 24.8 Å². The zero-order valence-electron chi connectivity index (χ0n) is 18.7. The lowest BCUT2D eigenvalue weighted by Crippen LogP contribution is -2.23. The van der Waals surface area contributed by atoms with Gasteiger partial charge in [-0.1, -0.05) is 11.6 Å². The maximum atomic E-state index is 15.0. The Balaban J connectivity index is 1.52. The van der Waals surface area contributed by atoms with Crippen molar-refractivity contribution in [3.05, 3.63) is 74.9 Å². The van der Waals surface area contributed by atoms with Crippen LogP contribution in [0, 0.1) is 5.82 Å². The topological polar surface area (TPSA) is 74.8 Å². The summed E-state index contributed by atoms with van der Waals surface area (Å²) in [5, 5.41) is 5.04. The number of pyridine rings is 1.